The van der Waals surface area contributed by atoms with E-state index in [2.05, 4.69) is 65.3 Å². The highest BCUT2D eigenvalue weighted by molar-refractivity contribution is 5.87. The van der Waals surface area contributed by atoms with E-state index in [0.717, 1.165) is 24.3 Å². The Morgan fingerprint density at radius 3 is 2.82 bits per heavy atom. The first-order valence-corrected chi connectivity index (χ1v) is 7.88. The normalized spacial score (nSPS) is 19.4. The highest BCUT2D eigenvalue weighted by atomic mass is 15.2. The molecule has 0 spiro atoms. The monoisotopic (exact) mass is 287 g/mol. The van der Waals surface area contributed by atoms with Gasteiger partial charge >= 0.3 is 0 Å². The fourth-order valence-corrected chi connectivity index (χ4v) is 3.91. The number of nitrogens with one attached hydrogen (secondary N) is 1. The Bertz CT molecular complexity index is 933. The van der Waals surface area contributed by atoms with Crippen LogP contribution in [0.4, 0.5) is 5.95 Å². The summed E-state index contributed by atoms with van der Waals surface area (Å²) in [6.07, 6.45) is 2.25. The second kappa shape index (κ2) is 4.23. The molecule has 1 unspecified atom stereocenters. The van der Waals surface area contributed by atoms with Crippen molar-refractivity contribution in [1.82, 2.24) is 9.55 Å². The number of aryl methyl sites for hydroxylation is 1. The van der Waals surface area contributed by atoms with Crippen molar-refractivity contribution in [2.75, 3.05) is 5.32 Å². The molecule has 1 aliphatic heterocycles. The summed E-state index contributed by atoms with van der Waals surface area (Å²) in [4.78, 5) is 4.79. The zero-order chi connectivity index (χ0) is 14.7. The second-order valence-corrected chi connectivity index (χ2v) is 6.15. The first-order valence-electron chi connectivity index (χ1n) is 7.88. The smallest absolute Gasteiger partial charge is 0.209 e. The molecule has 2 aromatic carbocycles. The summed E-state index contributed by atoms with van der Waals surface area (Å²) >= 11 is 0. The lowest BCUT2D eigenvalue weighted by Crippen LogP contribution is -2.24. The van der Waals surface area contributed by atoms with Gasteiger partial charge in [-0.2, -0.15) is 0 Å². The van der Waals surface area contributed by atoms with E-state index in [-0.39, 0.29) is 0 Å². The maximum Gasteiger partial charge on any atom is 0.209 e. The van der Waals surface area contributed by atoms with Crippen molar-refractivity contribution in [2.24, 2.45) is 0 Å². The van der Waals surface area contributed by atoms with E-state index < -0.39 is 0 Å². The molecule has 0 radical (unpaired) electrons. The van der Waals surface area contributed by atoms with Gasteiger partial charge in [0.15, 0.2) is 0 Å². The third-order valence-corrected chi connectivity index (χ3v) is 5.00. The number of imidazole rings is 1. The third-order valence-electron chi connectivity index (χ3n) is 5.00. The van der Waals surface area contributed by atoms with Crippen LogP contribution in [-0.4, -0.2) is 9.55 Å². The van der Waals surface area contributed by atoms with Gasteiger partial charge in [0.2, 0.25) is 5.95 Å². The fourth-order valence-electron chi connectivity index (χ4n) is 3.91. The molecule has 3 nitrogen and oxygen atoms in total. The van der Waals surface area contributed by atoms with Gasteiger partial charge in [-0.05, 0) is 43.0 Å². The molecule has 2 aliphatic rings. The number of anilines is 1. The van der Waals surface area contributed by atoms with E-state index in [1.807, 2.05) is 0 Å². The average Bonchev–Trinajstić information content (AvgIpc) is 2.93. The molecule has 0 fully saturated rings. The van der Waals surface area contributed by atoms with Crippen molar-refractivity contribution < 1.29 is 0 Å². The molecule has 22 heavy (non-hydrogen) atoms. The Labute approximate surface area is 129 Å². The predicted octanol–water partition coefficient (Wildman–Crippen LogP) is 4.38. The average molecular weight is 287 g/mol. The van der Waals surface area contributed by atoms with Crippen LogP contribution in [0.2, 0.25) is 0 Å². The van der Waals surface area contributed by atoms with Crippen LogP contribution in [0.3, 0.4) is 0 Å². The van der Waals surface area contributed by atoms with Gasteiger partial charge in [0.1, 0.15) is 0 Å². The van der Waals surface area contributed by atoms with Crippen LogP contribution in [0.25, 0.3) is 16.7 Å². The number of para-hydroxylation sites is 2. The van der Waals surface area contributed by atoms with Gasteiger partial charge in [0.05, 0.1) is 17.1 Å². The molecule has 1 atom stereocenters. The Hall–Kier alpha value is -2.55. The lowest BCUT2D eigenvalue weighted by atomic mass is 9.85. The third kappa shape index (κ3) is 1.48. The minimum Gasteiger partial charge on any atom is -0.325 e. The van der Waals surface area contributed by atoms with Gasteiger partial charge in [0.25, 0.3) is 0 Å². The number of fused-ring (bicyclic) bond motifs is 5. The van der Waals surface area contributed by atoms with Gasteiger partial charge in [-0.1, -0.05) is 36.4 Å². The van der Waals surface area contributed by atoms with Gasteiger partial charge < -0.3 is 9.88 Å². The van der Waals surface area contributed by atoms with Crippen molar-refractivity contribution in [1.29, 1.82) is 0 Å². The van der Waals surface area contributed by atoms with E-state index >= 15 is 0 Å². The number of hydrogen-bond acceptors (Lipinski definition) is 2. The van der Waals surface area contributed by atoms with E-state index in [4.69, 9.17) is 4.98 Å². The van der Waals surface area contributed by atoms with Crippen molar-refractivity contribution in [3.8, 4) is 0 Å². The highest BCUT2D eigenvalue weighted by Crippen LogP contribution is 2.43. The largest absolute Gasteiger partial charge is 0.325 e. The summed E-state index contributed by atoms with van der Waals surface area (Å²) in [5.74, 6) is 0.962. The summed E-state index contributed by atoms with van der Waals surface area (Å²) in [5, 5.41) is 3.61. The number of aromatic nitrogens is 2. The molecule has 0 amide bonds. The number of allylic oxidation sites excluding steroid dienone is 1. The molecule has 0 bridgehead atoms. The Morgan fingerprint density at radius 2 is 1.86 bits per heavy atom. The maximum atomic E-state index is 4.79. The van der Waals surface area contributed by atoms with Crippen LogP contribution in [0.1, 0.15) is 30.5 Å². The lowest BCUT2D eigenvalue weighted by molar-refractivity contribution is 0.608. The van der Waals surface area contributed by atoms with E-state index in [1.165, 1.54) is 27.9 Å². The van der Waals surface area contributed by atoms with Gasteiger partial charge in [-0.3, -0.25) is 0 Å². The molecule has 1 aliphatic carbocycles. The zero-order valence-electron chi connectivity index (χ0n) is 12.5. The summed E-state index contributed by atoms with van der Waals surface area (Å²) in [6.45, 7) is 2.29. The maximum absolute atomic E-state index is 4.79. The first-order chi connectivity index (χ1) is 10.8. The molecule has 0 saturated heterocycles. The van der Waals surface area contributed by atoms with Gasteiger partial charge in [-0.15, -0.1) is 0 Å². The van der Waals surface area contributed by atoms with Gasteiger partial charge in [-0.25, -0.2) is 4.98 Å². The summed E-state index contributed by atoms with van der Waals surface area (Å²) < 4.78 is 2.34. The lowest BCUT2D eigenvalue weighted by Gasteiger charge is -2.33. The molecule has 1 aromatic heterocycles. The first kappa shape index (κ1) is 12.0. The summed E-state index contributed by atoms with van der Waals surface area (Å²) in [6, 6.07) is 17.5. The minimum absolute atomic E-state index is 0.354. The van der Waals surface area contributed by atoms with E-state index in [9.17, 15) is 0 Å². The van der Waals surface area contributed by atoms with Crippen LogP contribution < -0.4 is 5.32 Å². The van der Waals surface area contributed by atoms with Crippen molar-refractivity contribution in [2.45, 2.75) is 25.8 Å². The summed E-state index contributed by atoms with van der Waals surface area (Å²) in [5.41, 5.74) is 7.82. The molecule has 0 saturated carbocycles. The van der Waals surface area contributed by atoms with Crippen LogP contribution in [0, 0.1) is 0 Å². The Balaban J connectivity index is 1.75. The van der Waals surface area contributed by atoms with E-state index in [1.54, 1.807) is 0 Å². The standard InChI is InChI=1S/C19H17N3/c1-12-14-11-10-13-6-2-3-7-15(13)18(14)21-19-20-16-8-4-5-9-17(16)22(12)19/h2-9,12H,10-11H2,1H3,(H,20,21). The predicted molar refractivity (Wildman–Crippen MR) is 89.7 cm³/mol. The van der Waals surface area contributed by atoms with Crippen LogP contribution in [0.15, 0.2) is 54.1 Å². The Morgan fingerprint density at radius 1 is 1.05 bits per heavy atom. The zero-order valence-corrected chi connectivity index (χ0v) is 12.5. The summed E-state index contributed by atoms with van der Waals surface area (Å²) in [7, 11) is 0. The molecule has 1 N–H and O–H groups in total. The van der Waals surface area contributed by atoms with Crippen LogP contribution in [0.5, 0.6) is 0 Å². The SMILES string of the molecule is CC1C2=C(Nc3nc4ccccc4n31)c1ccccc1CC2. The topological polar surface area (TPSA) is 29.9 Å². The van der Waals surface area contributed by atoms with E-state index in [0.29, 0.717) is 6.04 Å². The molecule has 108 valence electrons. The Kier molecular flexibility index (Phi) is 2.31. The van der Waals surface area contributed by atoms with Crippen LogP contribution in [-0.2, 0) is 6.42 Å². The second-order valence-electron chi connectivity index (χ2n) is 6.15. The minimum atomic E-state index is 0.354. The quantitative estimate of drug-likeness (QED) is 0.665. The number of benzene rings is 2. The molecule has 3 aromatic rings. The number of nitrogens with zero attached hydrogens (tertiary/aromatic N) is 2. The van der Waals surface area contributed by atoms with Crippen molar-refractivity contribution in [3.63, 3.8) is 0 Å². The molecule has 5 rings (SSSR count). The number of rotatable bonds is 0. The van der Waals surface area contributed by atoms with Crippen molar-refractivity contribution >= 4 is 22.7 Å². The molecule has 2 heterocycles. The fraction of sp³-hybridized carbons (Fsp3) is 0.211. The number of hydrogen-bond donors (Lipinski definition) is 1. The molecule has 3 heteroatoms. The molecular weight excluding hydrogens is 270 g/mol. The van der Waals surface area contributed by atoms with Crippen molar-refractivity contribution in [3.05, 3.63) is 65.2 Å². The van der Waals surface area contributed by atoms with Crippen LogP contribution >= 0.6 is 0 Å². The molecular formula is C19H17N3. The highest BCUT2D eigenvalue weighted by Gasteiger charge is 2.30. The van der Waals surface area contributed by atoms with Gasteiger partial charge in [0, 0.05) is 11.3 Å².